The fraction of sp³-hybridized carbons (Fsp3) is 0.158. The van der Waals surface area contributed by atoms with Crippen molar-refractivity contribution in [3.05, 3.63) is 156 Å². The lowest BCUT2D eigenvalue weighted by Crippen LogP contribution is -2.49. The van der Waals surface area contributed by atoms with Crippen molar-refractivity contribution in [1.29, 1.82) is 0 Å². The van der Waals surface area contributed by atoms with Gasteiger partial charge in [0.2, 0.25) is 0 Å². The van der Waals surface area contributed by atoms with E-state index in [1.165, 1.54) is 12.1 Å². The molecule has 8 heteroatoms. The van der Waals surface area contributed by atoms with E-state index in [4.69, 9.17) is 0 Å². The number of rotatable bonds is 8. The Balaban J connectivity index is 1.11. The molecule has 1 heterocycles. The first-order chi connectivity index (χ1) is 22.3. The van der Waals surface area contributed by atoms with E-state index in [9.17, 15) is 22.8 Å². The first kappa shape index (κ1) is 30.8. The Morgan fingerprint density at radius 1 is 0.652 bits per heavy atom. The number of hydrogen-bond acceptors (Lipinski definition) is 4. The molecule has 1 saturated heterocycles. The molecule has 0 aromatic heterocycles. The third-order valence-corrected chi connectivity index (χ3v) is 8.29. The molecule has 1 fully saturated rings. The standard InChI is InChI=1S/C38H32F3N3O2/c39-38(40,41)30-17-15-27(16-18-30)33-13-7-8-14-34(33)37(46)42-31-19-21-32(22-20-31)43-23-25-44(26-24-43)35(28-9-3-1-4-10-28)36(45)29-11-5-2-6-12-29/h1-22,35H,23-26H2,(H,42,46). The summed E-state index contributed by atoms with van der Waals surface area (Å²) < 4.78 is 39.1. The van der Waals surface area contributed by atoms with Gasteiger partial charge in [0, 0.05) is 48.7 Å². The quantitative estimate of drug-likeness (QED) is 0.177. The second kappa shape index (κ2) is 13.4. The van der Waals surface area contributed by atoms with Crippen molar-refractivity contribution in [2.75, 3.05) is 36.4 Å². The fourth-order valence-corrected chi connectivity index (χ4v) is 5.89. The molecule has 5 aromatic carbocycles. The lowest BCUT2D eigenvalue weighted by Gasteiger charge is -2.40. The number of carbonyl (C=O) groups excluding carboxylic acids is 2. The first-order valence-corrected chi connectivity index (χ1v) is 15.1. The van der Waals surface area contributed by atoms with Crippen LogP contribution in [0.25, 0.3) is 11.1 Å². The van der Waals surface area contributed by atoms with Gasteiger partial charge in [0.05, 0.1) is 11.6 Å². The zero-order valence-corrected chi connectivity index (χ0v) is 25.0. The van der Waals surface area contributed by atoms with Crippen LogP contribution in [0.5, 0.6) is 0 Å². The highest BCUT2D eigenvalue weighted by atomic mass is 19.4. The summed E-state index contributed by atoms with van der Waals surface area (Å²) in [6.45, 7) is 2.88. The Hall–Kier alpha value is -5.21. The molecule has 46 heavy (non-hydrogen) atoms. The molecule has 232 valence electrons. The van der Waals surface area contributed by atoms with Crippen LogP contribution < -0.4 is 10.2 Å². The third-order valence-electron chi connectivity index (χ3n) is 8.29. The molecule has 0 radical (unpaired) electrons. The lowest BCUT2D eigenvalue weighted by molar-refractivity contribution is -0.137. The van der Waals surface area contributed by atoms with E-state index < -0.39 is 11.7 Å². The van der Waals surface area contributed by atoms with Crippen LogP contribution in [-0.4, -0.2) is 42.8 Å². The van der Waals surface area contributed by atoms with Crippen molar-refractivity contribution < 1.29 is 22.8 Å². The van der Waals surface area contributed by atoms with E-state index >= 15 is 0 Å². The van der Waals surface area contributed by atoms with E-state index in [1.54, 1.807) is 24.3 Å². The van der Waals surface area contributed by atoms with Crippen LogP contribution in [0.15, 0.2) is 133 Å². The number of Topliss-reactive ketones (excluding diaryl/α,β-unsaturated/α-hetero) is 1. The molecule has 1 aliphatic rings. The molecule has 0 spiro atoms. The summed E-state index contributed by atoms with van der Waals surface area (Å²) in [5, 5.41) is 2.92. The molecule has 1 aliphatic heterocycles. The highest BCUT2D eigenvalue weighted by Crippen LogP contribution is 2.33. The van der Waals surface area contributed by atoms with E-state index in [1.807, 2.05) is 84.9 Å². The van der Waals surface area contributed by atoms with Gasteiger partial charge in [-0.2, -0.15) is 13.2 Å². The predicted octanol–water partition coefficient (Wildman–Crippen LogP) is 8.37. The number of piperazine rings is 1. The molecular formula is C38H32F3N3O2. The normalized spacial score (nSPS) is 14.5. The number of ketones is 1. The molecule has 1 amide bonds. The van der Waals surface area contributed by atoms with Gasteiger partial charge in [0.25, 0.3) is 5.91 Å². The third kappa shape index (κ3) is 6.87. The molecule has 1 atom stereocenters. The Bertz CT molecular complexity index is 1780. The lowest BCUT2D eigenvalue weighted by atomic mass is 9.95. The summed E-state index contributed by atoms with van der Waals surface area (Å²) >= 11 is 0. The maximum absolute atomic E-state index is 13.6. The number of halogens is 3. The highest BCUT2D eigenvalue weighted by Gasteiger charge is 2.32. The molecule has 1 N–H and O–H groups in total. The van der Waals surface area contributed by atoms with Gasteiger partial charge in [-0.3, -0.25) is 14.5 Å². The Kier molecular flexibility index (Phi) is 8.99. The zero-order chi connectivity index (χ0) is 32.1. The SMILES string of the molecule is O=C(Nc1ccc(N2CCN(C(C(=O)c3ccccc3)c3ccccc3)CC2)cc1)c1ccccc1-c1ccc(C(F)(F)F)cc1. The zero-order valence-electron chi connectivity index (χ0n) is 25.0. The van der Waals surface area contributed by atoms with E-state index in [0.29, 0.717) is 41.0 Å². The maximum atomic E-state index is 13.6. The molecule has 6 rings (SSSR count). The van der Waals surface area contributed by atoms with Crippen LogP contribution in [0.4, 0.5) is 24.5 Å². The second-order valence-corrected chi connectivity index (χ2v) is 11.2. The first-order valence-electron chi connectivity index (χ1n) is 15.1. The fourth-order valence-electron chi connectivity index (χ4n) is 5.89. The van der Waals surface area contributed by atoms with Gasteiger partial charge >= 0.3 is 6.18 Å². The van der Waals surface area contributed by atoms with Crippen molar-refractivity contribution in [1.82, 2.24) is 4.90 Å². The Labute approximate surface area is 265 Å². The monoisotopic (exact) mass is 619 g/mol. The molecule has 0 bridgehead atoms. The highest BCUT2D eigenvalue weighted by molar-refractivity contribution is 6.08. The summed E-state index contributed by atoms with van der Waals surface area (Å²) in [5.41, 5.74) is 3.97. The molecule has 5 nitrogen and oxygen atoms in total. The minimum atomic E-state index is -4.43. The summed E-state index contributed by atoms with van der Waals surface area (Å²) in [6.07, 6.45) is -4.43. The molecule has 0 saturated carbocycles. The van der Waals surface area contributed by atoms with Gasteiger partial charge in [0.15, 0.2) is 5.78 Å². The average Bonchev–Trinajstić information content (AvgIpc) is 3.09. The van der Waals surface area contributed by atoms with E-state index in [-0.39, 0.29) is 17.7 Å². The minimum absolute atomic E-state index is 0.0836. The summed E-state index contributed by atoms with van der Waals surface area (Å²) in [4.78, 5) is 31.4. The molecule has 0 aliphatic carbocycles. The van der Waals surface area contributed by atoms with Crippen LogP contribution >= 0.6 is 0 Å². The van der Waals surface area contributed by atoms with Gasteiger partial charge in [-0.1, -0.05) is 91.0 Å². The smallest absolute Gasteiger partial charge is 0.369 e. The Morgan fingerprint density at radius 3 is 1.87 bits per heavy atom. The number of anilines is 2. The van der Waals surface area contributed by atoms with Crippen LogP contribution in [0.1, 0.15) is 37.9 Å². The van der Waals surface area contributed by atoms with Crippen molar-refractivity contribution >= 4 is 23.1 Å². The van der Waals surface area contributed by atoms with Crippen LogP contribution in [0, 0.1) is 0 Å². The maximum Gasteiger partial charge on any atom is 0.416 e. The summed E-state index contributed by atoms with van der Waals surface area (Å²) in [6, 6.07) is 38.2. The van der Waals surface area contributed by atoms with E-state index in [2.05, 4.69) is 15.1 Å². The number of alkyl halides is 3. The van der Waals surface area contributed by atoms with Gasteiger partial charge in [0.1, 0.15) is 0 Å². The van der Waals surface area contributed by atoms with Crippen LogP contribution in [0.3, 0.4) is 0 Å². The number of amides is 1. The van der Waals surface area contributed by atoms with Crippen molar-refractivity contribution in [2.45, 2.75) is 12.2 Å². The van der Waals surface area contributed by atoms with Gasteiger partial charge in [-0.15, -0.1) is 0 Å². The molecular weight excluding hydrogens is 587 g/mol. The van der Waals surface area contributed by atoms with Gasteiger partial charge < -0.3 is 10.2 Å². The number of nitrogens with zero attached hydrogens (tertiary/aromatic N) is 2. The number of nitrogens with one attached hydrogen (secondary N) is 1. The summed E-state index contributed by atoms with van der Waals surface area (Å²) in [5.74, 6) is -0.271. The average molecular weight is 620 g/mol. The van der Waals surface area contributed by atoms with Crippen LogP contribution in [0.2, 0.25) is 0 Å². The Morgan fingerprint density at radius 2 is 1.24 bits per heavy atom. The van der Waals surface area contributed by atoms with Crippen LogP contribution in [-0.2, 0) is 6.18 Å². The van der Waals surface area contributed by atoms with Crippen molar-refractivity contribution in [3.63, 3.8) is 0 Å². The minimum Gasteiger partial charge on any atom is -0.369 e. The van der Waals surface area contributed by atoms with Crippen molar-refractivity contribution in [2.24, 2.45) is 0 Å². The predicted molar refractivity (Wildman–Crippen MR) is 175 cm³/mol. The van der Waals surface area contributed by atoms with Crippen molar-refractivity contribution in [3.8, 4) is 11.1 Å². The number of hydrogen-bond donors (Lipinski definition) is 1. The number of carbonyl (C=O) groups is 2. The number of benzene rings is 5. The largest absolute Gasteiger partial charge is 0.416 e. The molecule has 5 aromatic rings. The van der Waals surface area contributed by atoms with Gasteiger partial charge in [-0.05, 0) is 59.2 Å². The van der Waals surface area contributed by atoms with Gasteiger partial charge in [-0.25, -0.2) is 0 Å². The van der Waals surface area contributed by atoms with E-state index in [0.717, 1.165) is 36.5 Å². The second-order valence-electron chi connectivity index (χ2n) is 11.2. The summed E-state index contributed by atoms with van der Waals surface area (Å²) in [7, 11) is 0. The topological polar surface area (TPSA) is 52.7 Å². The molecule has 1 unspecified atom stereocenters.